The van der Waals surface area contributed by atoms with E-state index in [1.54, 1.807) is 4.57 Å². The lowest BCUT2D eigenvalue weighted by Gasteiger charge is -2.16. The number of ether oxygens (including phenoxy) is 1. The summed E-state index contributed by atoms with van der Waals surface area (Å²) in [5.74, 6) is 0.602. The van der Waals surface area contributed by atoms with Crippen LogP contribution < -0.4 is 0 Å². The second-order valence-electron chi connectivity index (χ2n) is 5.34. The van der Waals surface area contributed by atoms with Crippen LogP contribution in [0.15, 0.2) is 37.2 Å². The smallest absolute Gasteiger partial charge is 0.168 e. The summed E-state index contributed by atoms with van der Waals surface area (Å²) in [4.78, 5) is 12.8. The Morgan fingerprint density at radius 1 is 1.09 bits per heavy atom. The lowest BCUT2D eigenvalue weighted by atomic mass is 10.1. The first kappa shape index (κ1) is 14.3. The molecule has 9 nitrogen and oxygen atoms in total. The van der Waals surface area contributed by atoms with E-state index in [-0.39, 0.29) is 6.61 Å². The minimum absolute atomic E-state index is 0.384. The minimum atomic E-state index is -1.19. The van der Waals surface area contributed by atoms with Crippen molar-refractivity contribution < 1.29 is 20.1 Å². The number of aliphatic hydroxyl groups excluding tert-OH is 3. The van der Waals surface area contributed by atoms with Crippen molar-refractivity contribution in [3.63, 3.8) is 0 Å². The number of aliphatic hydroxyl groups is 3. The molecule has 3 aromatic heterocycles. The van der Waals surface area contributed by atoms with Crippen LogP contribution in [-0.2, 0) is 4.74 Å². The zero-order valence-electron chi connectivity index (χ0n) is 12.0. The molecular formula is C14H15N5O4. The average molecular weight is 317 g/mol. The zero-order valence-corrected chi connectivity index (χ0v) is 12.0. The van der Waals surface area contributed by atoms with Gasteiger partial charge in [0.25, 0.3) is 0 Å². The summed E-state index contributed by atoms with van der Waals surface area (Å²) in [6, 6.07) is 3.74. The molecule has 1 fully saturated rings. The molecule has 23 heavy (non-hydrogen) atoms. The monoisotopic (exact) mass is 317 g/mol. The van der Waals surface area contributed by atoms with Crippen molar-refractivity contribution in [1.82, 2.24) is 24.1 Å². The number of fused-ring (bicyclic) bond motifs is 1. The van der Waals surface area contributed by atoms with Crippen LogP contribution >= 0.6 is 0 Å². The van der Waals surface area contributed by atoms with E-state index in [0.29, 0.717) is 17.0 Å². The molecule has 1 aliphatic rings. The van der Waals surface area contributed by atoms with E-state index >= 15 is 0 Å². The van der Waals surface area contributed by atoms with Gasteiger partial charge >= 0.3 is 0 Å². The Morgan fingerprint density at radius 2 is 1.87 bits per heavy atom. The van der Waals surface area contributed by atoms with Crippen molar-refractivity contribution in [2.45, 2.75) is 24.5 Å². The highest BCUT2D eigenvalue weighted by Crippen LogP contribution is 2.31. The van der Waals surface area contributed by atoms with Gasteiger partial charge < -0.3 is 24.6 Å². The third-order valence-electron chi connectivity index (χ3n) is 3.98. The van der Waals surface area contributed by atoms with E-state index in [4.69, 9.17) is 4.74 Å². The SMILES string of the molecule is OC[C@@H]1OC(n2cnc3c(-n4cccc4)ncnc32)[C@@H](O)[C@H]1O. The summed E-state index contributed by atoms with van der Waals surface area (Å²) in [5, 5.41) is 29.3. The number of hydrogen-bond acceptors (Lipinski definition) is 7. The predicted molar refractivity (Wildman–Crippen MR) is 77.7 cm³/mol. The fourth-order valence-electron chi connectivity index (χ4n) is 2.80. The van der Waals surface area contributed by atoms with Gasteiger partial charge in [-0.1, -0.05) is 0 Å². The van der Waals surface area contributed by atoms with Gasteiger partial charge in [-0.25, -0.2) is 15.0 Å². The van der Waals surface area contributed by atoms with Crippen molar-refractivity contribution in [3.05, 3.63) is 37.2 Å². The molecule has 0 spiro atoms. The highest BCUT2D eigenvalue weighted by atomic mass is 16.6. The van der Waals surface area contributed by atoms with Crippen molar-refractivity contribution in [1.29, 1.82) is 0 Å². The fraction of sp³-hybridized carbons (Fsp3) is 0.357. The maximum Gasteiger partial charge on any atom is 0.168 e. The zero-order chi connectivity index (χ0) is 16.0. The van der Waals surface area contributed by atoms with Crippen LogP contribution in [0.1, 0.15) is 6.23 Å². The van der Waals surface area contributed by atoms with E-state index in [0.717, 1.165) is 0 Å². The number of imidazole rings is 1. The molecular weight excluding hydrogens is 302 g/mol. The van der Waals surface area contributed by atoms with Crippen molar-refractivity contribution in [2.75, 3.05) is 6.61 Å². The first-order chi connectivity index (χ1) is 11.2. The predicted octanol–water partition coefficient (Wildman–Crippen LogP) is -0.772. The third-order valence-corrected chi connectivity index (χ3v) is 3.98. The van der Waals surface area contributed by atoms with Crippen molar-refractivity contribution in [3.8, 4) is 5.82 Å². The van der Waals surface area contributed by atoms with Gasteiger partial charge in [-0.2, -0.15) is 0 Å². The molecule has 0 aliphatic carbocycles. The lowest BCUT2D eigenvalue weighted by Crippen LogP contribution is -2.33. The van der Waals surface area contributed by atoms with Gasteiger partial charge in [0.15, 0.2) is 23.2 Å². The molecule has 3 N–H and O–H groups in total. The van der Waals surface area contributed by atoms with Gasteiger partial charge in [0.1, 0.15) is 24.6 Å². The second kappa shape index (κ2) is 5.39. The Hall–Kier alpha value is -2.33. The fourth-order valence-corrected chi connectivity index (χ4v) is 2.80. The first-order valence-corrected chi connectivity index (χ1v) is 7.14. The summed E-state index contributed by atoms with van der Waals surface area (Å²) in [6.45, 7) is -0.384. The first-order valence-electron chi connectivity index (χ1n) is 7.14. The maximum atomic E-state index is 10.2. The van der Waals surface area contributed by atoms with E-state index in [2.05, 4.69) is 15.0 Å². The van der Waals surface area contributed by atoms with Crippen LogP contribution in [0.4, 0.5) is 0 Å². The Labute approximate surface area is 130 Å². The highest BCUT2D eigenvalue weighted by molar-refractivity contribution is 5.78. The van der Waals surface area contributed by atoms with Crippen LogP contribution in [0, 0.1) is 0 Å². The molecule has 0 bridgehead atoms. The molecule has 9 heteroatoms. The molecule has 1 unspecified atom stereocenters. The van der Waals surface area contributed by atoms with Gasteiger partial charge in [0, 0.05) is 12.4 Å². The molecule has 1 aliphatic heterocycles. The van der Waals surface area contributed by atoms with Crippen LogP contribution in [-0.4, -0.2) is 64.3 Å². The molecule has 4 heterocycles. The molecule has 0 saturated carbocycles. The Kier molecular flexibility index (Phi) is 3.34. The lowest BCUT2D eigenvalue weighted by molar-refractivity contribution is -0.0511. The summed E-state index contributed by atoms with van der Waals surface area (Å²) in [7, 11) is 0. The Balaban J connectivity index is 1.80. The van der Waals surface area contributed by atoms with Gasteiger partial charge in [0.05, 0.1) is 12.9 Å². The normalized spacial score (nSPS) is 27.8. The van der Waals surface area contributed by atoms with Crippen LogP contribution in [0.5, 0.6) is 0 Å². The molecule has 4 atom stereocenters. The maximum absolute atomic E-state index is 10.2. The number of hydrogen-bond donors (Lipinski definition) is 3. The minimum Gasteiger partial charge on any atom is -0.394 e. The standard InChI is InChI=1S/C14H15N5O4/c20-5-8-10(21)11(22)14(23-8)19-7-17-9-12(15-6-16-13(9)19)18-3-1-2-4-18/h1-4,6-8,10-11,14,20-22H,5H2/t8-,10-,11-,14?/m0/s1. The molecule has 0 aromatic carbocycles. The van der Waals surface area contributed by atoms with E-state index in [1.165, 1.54) is 17.2 Å². The third kappa shape index (κ3) is 2.13. The van der Waals surface area contributed by atoms with Gasteiger partial charge in [0.2, 0.25) is 0 Å². The van der Waals surface area contributed by atoms with E-state index < -0.39 is 24.5 Å². The van der Waals surface area contributed by atoms with E-state index in [1.807, 2.05) is 24.5 Å². The van der Waals surface area contributed by atoms with Gasteiger partial charge in [-0.15, -0.1) is 0 Å². The summed E-state index contributed by atoms with van der Waals surface area (Å²) in [6.07, 6.45) is 2.48. The molecule has 0 amide bonds. The van der Waals surface area contributed by atoms with Gasteiger partial charge in [-0.05, 0) is 12.1 Å². The molecule has 1 saturated heterocycles. The summed E-state index contributed by atoms with van der Waals surface area (Å²) >= 11 is 0. The second-order valence-corrected chi connectivity index (χ2v) is 5.34. The van der Waals surface area contributed by atoms with E-state index in [9.17, 15) is 15.3 Å². The van der Waals surface area contributed by atoms with Crippen LogP contribution in [0.3, 0.4) is 0 Å². The van der Waals surface area contributed by atoms with Crippen molar-refractivity contribution in [2.24, 2.45) is 0 Å². The summed E-state index contributed by atoms with van der Waals surface area (Å²) < 4.78 is 8.86. The molecule has 0 radical (unpaired) electrons. The summed E-state index contributed by atoms with van der Waals surface area (Å²) in [5.41, 5.74) is 1.01. The molecule has 120 valence electrons. The topological polar surface area (TPSA) is 118 Å². The molecule has 4 rings (SSSR count). The van der Waals surface area contributed by atoms with Crippen LogP contribution in [0.25, 0.3) is 17.0 Å². The number of nitrogens with zero attached hydrogens (tertiary/aromatic N) is 5. The largest absolute Gasteiger partial charge is 0.394 e. The quantitative estimate of drug-likeness (QED) is 0.580. The average Bonchev–Trinajstić information content (AvgIpc) is 3.28. The highest BCUT2D eigenvalue weighted by Gasteiger charge is 2.44. The van der Waals surface area contributed by atoms with Crippen LogP contribution in [0.2, 0.25) is 0 Å². The Bertz CT molecular complexity index is 818. The molecule has 3 aromatic rings. The Morgan fingerprint density at radius 3 is 2.57 bits per heavy atom. The van der Waals surface area contributed by atoms with Crippen molar-refractivity contribution >= 4 is 11.2 Å². The number of rotatable bonds is 3. The number of aromatic nitrogens is 5. The van der Waals surface area contributed by atoms with Gasteiger partial charge in [-0.3, -0.25) is 4.57 Å².